The Morgan fingerprint density at radius 2 is 0.653 bits per heavy atom. The van der Waals surface area contributed by atoms with Crippen molar-refractivity contribution in [1.29, 1.82) is 0 Å². The number of hydrogen-bond donors (Lipinski definition) is 1. The Kier molecular flexibility index (Phi) is 14.6. The minimum atomic E-state index is -2.04. The van der Waals surface area contributed by atoms with Gasteiger partial charge in [0, 0.05) is 50.3 Å². The molecule has 8 heteroatoms. The summed E-state index contributed by atoms with van der Waals surface area (Å²) in [6.45, 7) is 55.1. The van der Waals surface area contributed by atoms with Gasteiger partial charge in [-0.05, 0) is 95.4 Å². The molecule has 0 spiro atoms. The van der Waals surface area contributed by atoms with Gasteiger partial charge in [-0.2, -0.15) is 0 Å². The molecule has 1 atom stereocenters. The average molecular weight is 1010 g/mol. The lowest BCUT2D eigenvalue weighted by Crippen LogP contribution is -2.17. The van der Waals surface area contributed by atoms with Crippen LogP contribution in [0.25, 0.3) is 43.9 Å². The van der Waals surface area contributed by atoms with Crippen LogP contribution in [0.3, 0.4) is 0 Å². The molecule has 0 unspecified atom stereocenters. The van der Waals surface area contributed by atoms with E-state index in [2.05, 4.69) is 244 Å². The van der Waals surface area contributed by atoms with Gasteiger partial charge in [-0.3, -0.25) is 4.52 Å². The summed E-state index contributed by atoms with van der Waals surface area (Å²) in [4.78, 5) is 0. The van der Waals surface area contributed by atoms with Gasteiger partial charge in [0.05, 0.1) is 0 Å². The first-order valence-electron chi connectivity index (χ1n) is 26.3. The second-order valence-corrected chi connectivity index (χ2v) is 31.0. The van der Waals surface area contributed by atoms with E-state index in [4.69, 9.17) is 21.3 Å². The molecule has 2 aromatic heterocycles. The topological polar surface area (TPSA) is 73.8 Å². The highest BCUT2D eigenvalue weighted by Crippen LogP contribution is 2.48. The zero-order chi connectivity index (χ0) is 53.7. The third-order valence-electron chi connectivity index (χ3n) is 14.1. The molecule has 0 radical (unpaired) electrons. The SMILES string of the molecule is CC(C)(C)c1cc(C(C)(C)C)c2op(NC[C@H](Op3oc4c(C(C)(C)C)cc(C(C)(C)C)cc4c4cc(C(C)(C)C)cc(C(C)(C)C)c4o3)c3ccccc3)oc3c(C(C)(C)C)cc(C(C)(C)C)cc3c2c1. The third kappa shape index (κ3) is 11.8. The van der Waals surface area contributed by atoms with Crippen molar-refractivity contribution in [3.63, 3.8) is 0 Å². The van der Waals surface area contributed by atoms with Gasteiger partial charge in [-0.15, -0.1) is 0 Å². The van der Waals surface area contributed by atoms with Gasteiger partial charge >= 0.3 is 16.4 Å². The van der Waals surface area contributed by atoms with Crippen LogP contribution < -0.4 is 9.61 Å². The molecular weight excluding hydrogens is 925 g/mol. The van der Waals surface area contributed by atoms with E-state index in [1.165, 1.54) is 22.3 Å². The Balaban J connectivity index is 1.54. The van der Waals surface area contributed by atoms with Crippen LogP contribution in [0.2, 0.25) is 0 Å². The van der Waals surface area contributed by atoms with E-state index in [1.54, 1.807) is 0 Å². The lowest BCUT2D eigenvalue weighted by molar-refractivity contribution is 0.277. The van der Waals surface area contributed by atoms with Crippen molar-refractivity contribution < 1.29 is 21.3 Å². The van der Waals surface area contributed by atoms with E-state index in [0.29, 0.717) is 6.54 Å². The molecule has 5 aromatic carbocycles. The van der Waals surface area contributed by atoms with Crippen molar-refractivity contribution in [3.05, 3.63) is 129 Å². The van der Waals surface area contributed by atoms with E-state index in [-0.39, 0.29) is 43.3 Å². The van der Waals surface area contributed by atoms with Crippen molar-refractivity contribution in [2.24, 2.45) is 0 Å². The van der Waals surface area contributed by atoms with Crippen LogP contribution in [-0.2, 0) is 43.3 Å². The smallest absolute Gasteiger partial charge is 0.388 e. The largest absolute Gasteiger partial charge is 0.408 e. The third-order valence-corrected chi connectivity index (χ3v) is 16.3. The molecule has 0 amide bonds. The predicted octanol–water partition coefficient (Wildman–Crippen LogP) is 20.7. The van der Waals surface area contributed by atoms with Crippen LogP contribution in [-0.4, -0.2) is 6.54 Å². The molecule has 0 aliphatic heterocycles. The zero-order valence-corrected chi connectivity index (χ0v) is 50.5. The summed E-state index contributed by atoms with van der Waals surface area (Å²) in [5.74, 6) is 0. The van der Waals surface area contributed by atoms with Gasteiger partial charge in [0.1, 0.15) is 28.4 Å². The summed E-state index contributed by atoms with van der Waals surface area (Å²) in [7, 11) is -3.83. The fourth-order valence-electron chi connectivity index (χ4n) is 9.27. The highest BCUT2D eigenvalue weighted by molar-refractivity contribution is 7.38. The molecule has 6 nitrogen and oxygen atoms in total. The van der Waals surface area contributed by atoms with E-state index in [9.17, 15) is 0 Å². The Bertz CT molecular complexity index is 3040. The van der Waals surface area contributed by atoms with Gasteiger partial charge in [-0.1, -0.05) is 221 Å². The van der Waals surface area contributed by atoms with E-state index in [0.717, 1.165) is 71.7 Å². The van der Waals surface area contributed by atoms with Crippen molar-refractivity contribution in [2.75, 3.05) is 11.6 Å². The minimum absolute atomic E-state index is 0.101. The maximum atomic E-state index is 7.38. The first-order valence-corrected chi connectivity index (χ1v) is 28.5. The highest BCUT2D eigenvalue weighted by atomic mass is 31.1. The van der Waals surface area contributed by atoms with Gasteiger partial charge in [-0.25, -0.2) is 5.09 Å². The first-order chi connectivity index (χ1) is 32.7. The molecule has 0 aliphatic carbocycles. The molecule has 7 aromatic rings. The van der Waals surface area contributed by atoms with Crippen LogP contribution >= 0.6 is 16.4 Å². The molecule has 390 valence electrons. The number of nitrogens with one attached hydrogen (secondary N) is 1. The fourth-order valence-corrected chi connectivity index (χ4v) is 11.7. The Morgan fingerprint density at radius 1 is 0.375 bits per heavy atom. The highest BCUT2D eigenvalue weighted by Gasteiger charge is 2.32. The normalized spacial score (nSPS) is 14.2. The second-order valence-electron chi connectivity index (χ2n) is 28.8. The van der Waals surface area contributed by atoms with Crippen LogP contribution in [0, 0.1) is 0 Å². The quantitative estimate of drug-likeness (QED) is 0.179. The Morgan fingerprint density at radius 3 is 0.917 bits per heavy atom. The minimum Gasteiger partial charge on any atom is -0.408 e. The van der Waals surface area contributed by atoms with Crippen molar-refractivity contribution in [2.45, 2.75) is 216 Å². The van der Waals surface area contributed by atoms with E-state index in [1.807, 2.05) is 6.07 Å². The molecule has 0 aliphatic rings. The van der Waals surface area contributed by atoms with Gasteiger partial charge in [0.15, 0.2) is 0 Å². The molecular formula is C64H89NO5P2. The average Bonchev–Trinajstić information content (AvgIpc) is 3.48. The van der Waals surface area contributed by atoms with E-state index >= 15 is 0 Å². The second kappa shape index (κ2) is 18.9. The maximum absolute atomic E-state index is 7.38. The fraction of sp³-hybridized carbons (Fsp3) is 0.531. The Hall–Kier alpha value is -4.18. The van der Waals surface area contributed by atoms with Crippen molar-refractivity contribution >= 4 is 60.3 Å². The summed E-state index contributed by atoms with van der Waals surface area (Å²) in [6, 6.07) is 29.2. The zero-order valence-electron chi connectivity index (χ0n) is 48.7. The van der Waals surface area contributed by atoms with Gasteiger partial charge in [0.2, 0.25) is 0 Å². The standard InChI is InChI=1S/C64H89NO5P2/c1-57(2,3)40-30-44-45-31-41(58(4,5)6)35-49(62(16,17)18)54(45)68-71(67-53(44)48(34-40)61(13,14)15)65-38-52(39-28-26-25-27-29-39)66-72-69-55-46(32-42(59(7,8)9)36-50(55)63(19,20)21)47-33-43(60(10,11)12)37-51(56(47)70-72)64(22,23)24/h25-37,52,65H,38H2,1-24H3/t52-/m0/s1. The monoisotopic (exact) mass is 1010 g/mol. The number of hydrogen-bond acceptors (Lipinski definition) is 6. The lowest BCUT2D eigenvalue weighted by atomic mass is 9.77. The lowest BCUT2D eigenvalue weighted by Gasteiger charge is -2.27. The summed E-state index contributed by atoms with van der Waals surface area (Å²) in [6.07, 6.45) is -0.520. The van der Waals surface area contributed by atoms with Crippen LogP contribution in [0.4, 0.5) is 0 Å². The molecule has 0 saturated heterocycles. The number of rotatable bonds is 6. The first kappa shape index (κ1) is 55.6. The summed E-state index contributed by atoms with van der Waals surface area (Å²) >= 11 is 0. The van der Waals surface area contributed by atoms with Crippen molar-refractivity contribution in [1.82, 2.24) is 0 Å². The summed E-state index contributed by atoms with van der Waals surface area (Å²) < 4.78 is 36.7. The molecule has 2 heterocycles. The molecule has 0 bridgehead atoms. The van der Waals surface area contributed by atoms with Gasteiger partial charge < -0.3 is 16.8 Å². The van der Waals surface area contributed by atoms with Crippen LogP contribution in [0.15, 0.2) is 95.6 Å². The molecule has 1 N–H and O–H groups in total. The number of fused-ring (bicyclic) bond motifs is 6. The number of benzene rings is 5. The summed E-state index contributed by atoms with van der Waals surface area (Å²) in [5.41, 5.74) is 12.5. The molecule has 7 rings (SSSR count). The van der Waals surface area contributed by atoms with Gasteiger partial charge in [0.25, 0.3) is 0 Å². The van der Waals surface area contributed by atoms with Crippen molar-refractivity contribution in [3.8, 4) is 0 Å². The maximum Gasteiger partial charge on any atom is 0.388 e. The summed E-state index contributed by atoms with van der Waals surface area (Å²) in [5, 5.41) is 8.06. The Labute approximate surface area is 435 Å². The predicted molar refractivity (Wildman–Crippen MR) is 312 cm³/mol. The molecule has 0 saturated carbocycles. The van der Waals surface area contributed by atoms with Crippen LogP contribution in [0.1, 0.15) is 222 Å². The molecule has 0 fully saturated rings. The van der Waals surface area contributed by atoms with Crippen LogP contribution in [0.5, 0.6) is 0 Å². The molecule has 72 heavy (non-hydrogen) atoms. The van der Waals surface area contributed by atoms with E-state index < -0.39 is 22.5 Å².